The number of amides is 2. The van der Waals surface area contributed by atoms with Gasteiger partial charge in [0.1, 0.15) is 11.9 Å². The normalized spacial score (nSPS) is 17.4. The van der Waals surface area contributed by atoms with E-state index in [4.69, 9.17) is 4.74 Å². The molecule has 1 heterocycles. The Bertz CT molecular complexity index is 589. The molecule has 1 aromatic carbocycles. The zero-order chi connectivity index (χ0) is 17.0. The average Bonchev–Trinajstić information content (AvgIpc) is 2.98. The van der Waals surface area contributed by atoms with Crippen LogP contribution in [-0.2, 0) is 9.53 Å². The summed E-state index contributed by atoms with van der Waals surface area (Å²) in [6.07, 6.45) is 0.862. The van der Waals surface area contributed by atoms with E-state index in [1.165, 1.54) is 17.0 Å². The van der Waals surface area contributed by atoms with E-state index in [2.05, 4.69) is 5.32 Å². The van der Waals surface area contributed by atoms with E-state index in [1.807, 2.05) is 13.8 Å². The molecule has 1 saturated heterocycles. The highest BCUT2D eigenvalue weighted by molar-refractivity contribution is 5.97. The standard InChI is InChI=1S/C17H23FN2O3/c1-11(2)10-23-17(22)20-8-4-5-15(20)16(21)19-14-9-13(18)7-6-12(14)3/h6-7,9,11,15H,4-5,8,10H2,1-3H3,(H,19,21)/t15-/m0/s1. The lowest BCUT2D eigenvalue weighted by atomic mass is 10.1. The van der Waals surface area contributed by atoms with Crippen molar-refractivity contribution in [3.8, 4) is 0 Å². The molecular weight excluding hydrogens is 299 g/mol. The summed E-state index contributed by atoms with van der Waals surface area (Å²) in [6, 6.07) is 3.66. The van der Waals surface area contributed by atoms with Crippen molar-refractivity contribution in [3.63, 3.8) is 0 Å². The number of nitrogens with zero attached hydrogens (tertiary/aromatic N) is 1. The van der Waals surface area contributed by atoms with Crippen LogP contribution in [0.25, 0.3) is 0 Å². The topological polar surface area (TPSA) is 58.6 Å². The number of carbonyl (C=O) groups is 2. The summed E-state index contributed by atoms with van der Waals surface area (Å²) in [5.74, 6) is -0.480. The van der Waals surface area contributed by atoms with Crippen LogP contribution < -0.4 is 5.32 Å². The predicted octanol–water partition coefficient (Wildman–Crippen LogP) is 3.33. The number of anilines is 1. The van der Waals surface area contributed by atoms with Gasteiger partial charge in [-0.15, -0.1) is 0 Å². The van der Waals surface area contributed by atoms with Crippen molar-refractivity contribution >= 4 is 17.7 Å². The summed E-state index contributed by atoms with van der Waals surface area (Å²) >= 11 is 0. The molecule has 1 aliphatic rings. The Kier molecular flexibility index (Phi) is 5.58. The number of halogens is 1. The summed E-state index contributed by atoms with van der Waals surface area (Å²) in [4.78, 5) is 26.0. The minimum Gasteiger partial charge on any atom is -0.449 e. The van der Waals surface area contributed by atoms with Gasteiger partial charge in [0.15, 0.2) is 0 Å². The summed E-state index contributed by atoms with van der Waals surface area (Å²) in [6.45, 7) is 6.52. The molecule has 0 bridgehead atoms. The van der Waals surface area contributed by atoms with Crippen molar-refractivity contribution in [2.75, 3.05) is 18.5 Å². The number of ether oxygens (including phenoxy) is 1. The summed E-state index contributed by atoms with van der Waals surface area (Å²) in [5, 5.41) is 2.71. The minimum atomic E-state index is -0.572. The number of nitrogens with one attached hydrogen (secondary N) is 1. The molecule has 1 aliphatic heterocycles. The van der Waals surface area contributed by atoms with Gasteiger partial charge in [-0.3, -0.25) is 9.69 Å². The first kappa shape index (κ1) is 17.2. The van der Waals surface area contributed by atoms with Crippen molar-refractivity contribution < 1.29 is 18.7 Å². The van der Waals surface area contributed by atoms with Gasteiger partial charge in [-0.2, -0.15) is 0 Å². The van der Waals surface area contributed by atoms with Crippen LogP contribution in [0.3, 0.4) is 0 Å². The minimum absolute atomic E-state index is 0.240. The van der Waals surface area contributed by atoms with Gasteiger partial charge in [0.2, 0.25) is 5.91 Å². The second-order valence-corrected chi connectivity index (χ2v) is 6.27. The van der Waals surface area contributed by atoms with E-state index in [1.54, 1.807) is 13.0 Å². The summed E-state index contributed by atoms with van der Waals surface area (Å²) in [5.41, 5.74) is 1.20. The fourth-order valence-corrected chi connectivity index (χ4v) is 2.52. The quantitative estimate of drug-likeness (QED) is 0.925. The lowest BCUT2D eigenvalue weighted by Crippen LogP contribution is -2.43. The number of hydrogen-bond donors (Lipinski definition) is 1. The van der Waals surface area contributed by atoms with Crippen molar-refractivity contribution in [3.05, 3.63) is 29.6 Å². The van der Waals surface area contributed by atoms with Gasteiger partial charge in [-0.25, -0.2) is 9.18 Å². The molecule has 2 rings (SSSR count). The maximum Gasteiger partial charge on any atom is 0.410 e. The van der Waals surface area contributed by atoms with E-state index in [-0.39, 0.29) is 11.8 Å². The lowest BCUT2D eigenvalue weighted by Gasteiger charge is -2.24. The number of rotatable bonds is 4. The van der Waals surface area contributed by atoms with Gasteiger partial charge in [-0.05, 0) is 43.4 Å². The molecule has 0 spiro atoms. The van der Waals surface area contributed by atoms with Crippen LogP contribution >= 0.6 is 0 Å². The molecule has 0 radical (unpaired) electrons. The molecule has 5 nitrogen and oxygen atoms in total. The molecule has 1 aromatic rings. The molecule has 23 heavy (non-hydrogen) atoms. The molecule has 126 valence electrons. The Balaban J connectivity index is 2.02. The molecule has 6 heteroatoms. The van der Waals surface area contributed by atoms with Crippen LogP contribution in [0, 0.1) is 18.7 Å². The summed E-state index contributed by atoms with van der Waals surface area (Å²) < 4.78 is 18.5. The van der Waals surface area contributed by atoms with Gasteiger partial charge in [-0.1, -0.05) is 19.9 Å². The van der Waals surface area contributed by atoms with E-state index in [9.17, 15) is 14.0 Å². The van der Waals surface area contributed by atoms with Gasteiger partial charge in [0.25, 0.3) is 0 Å². The Morgan fingerprint density at radius 3 is 2.87 bits per heavy atom. The highest BCUT2D eigenvalue weighted by Gasteiger charge is 2.35. The fourth-order valence-electron chi connectivity index (χ4n) is 2.52. The van der Waals surface area contributed by atoms with Crippen LogP contribution in [0.4, 0.5) is 14.9 Å². The number of aryl methyl sites for hydroxylation is 1. The van der Waals surface area contributed by atoms with Crippen LogP contribution in [0.2, 0.25) is 0 Å². The van der Waals surface area contributed by atoms with Gasteiger partial charge in [0, 0.05) is 12.2 Å². The Morgan fingerprint density at radius 1 is 1.43 bits per heavy atom. The first-order chi connectivity index (χ1) is 10.9. The molecule has 2 amide bonds. The van der Waals surface area contributed by atoms with Gasteiger partial charge >= 0.3 is 6.09 Å². The highest BCUT2D eigenvalue weighted by atomic mass is 19.1. The fraction of sp³-hybridized carbons (Fsp3) is 0.529. The molecule has 0 unspecified atom stereocenters. The smallest absolute Gasteiger partial charge is 0.410 e. The SMILES string of the molecule is Cc1ccc(F)cc1NC(=O)[C@@H]1CCCN1C(=O)OCC(C)C. The third-order valence-corrected chi connectivity index (χ3v) is 3.79. The largest absolute Gasteiger partial charge is 0.449 e. The van der Waals surface area contributed by atoms with Gasteiger partial charge < -0.3 is 10.1 Å². The number of hydrogen-bond acceptors (Lipinski definition) is 3. The maximum atomic E-state index is 13.3. The first-order valence-electron chi connectivity index (χ1n) is 7.89. The second kappa shape index (κ2) is 7.44. The Labute approximate surface area is 135 Å². The molecular formula is C17H23FN2O3. The molecule has 1 atom stereocenters. The number of carbonyl (C=O) groups excluding carboxylic acids is 2. The molecule has 0 aliphatic carbocycles. The van der Waals surface area contributed by atoms with Crippen LogP contribution in [0.5, 0.6) is 0 Å². The molecule has 0 saturated carbocycles. The monoisotopic (exact) mass is 322 g/mol. The zero-order valence-electron chi connectivity index (χ0n) is 13.8. The maximum absolute atomic E-state index is 13.3. The number of benzene rings is 1. The molecule has 1 fully saturated rings. The zero-order valence-corrected chi connectivity index (χ0v) is 13.8. The second-order valence-electron chi connectivity index (χ2n) is 6.27. The van der Waals surface area contributed by atoms with Gasteiger partial charge in [0.05, 0.1) is 6.61 Å². The predicted molar refractivity (Wildman–Crippen MR) is 85.7 cm³/mol. The van der Waals surface area contributed by atoms with E-state index in [0.717, 1.165) is 12.0 Å². The van der Waals surface area contributed by atoms with Crippen LogP contribution in [-0.4, -0.2) is 36.1 Å². The highest BCUT2D eigenvalue weighted by Crippen LogP contribution is 2.22. The van der Waals surface area contributed by atoms with Crippen molar-refractivity contribution in [2.45, 2.75) is 39.7 Å². The molecule has 1 N–H and O–H groups in total. The van der Waals surface area contributed by atoms with E-state index >= 15 is 0 Å². The number of likely N-dealkylation sites (tertiary alicyclic amines) is 1. The van der Waals surface area contributed by atoms with Crippen molar-refractivity contribution in [1.82, 2.24) is 4.90 Å². The lowest BCUT2D eigenvalue weighted by molar-refractivity contribution is -0.120. The van der Waals surface area contributed by atoms with E-state index < -0.39 is 18.0 Å². The third-order valence-electron chi connectivity index (χ3n) is 3.79. The van der Waals surface area contributed by atoms with E-state index in [0.29, 0.717) is 25.3 Å². The average molecular weight is 322 g/mol. The molecule has 0 aromatic heterocycles. The first-order valence-corrected chi connectivity index (χ1v) is 7.89. The Hall–Kier alpha value is -2.11. The van der Waals surface area contributed by atoms with Crippen LogP contribution in [0.1, 0.15) is 32.3 Å². The van der Waals surface area contributed by atoms with Crippen molar-refractivity contribution in [2.24, 2.45) is 5.92 Å². The Morgan fingerprint density at radius 2 is 2.17 bits per heavy atom. The van der Waals surface area contributed by atoms with Crippen LogP contribution in [0.15, 0.2) is 18.2 Å². The third kappa shape index (κ3) is 4.43. The summed E-state index contributed by atoms with van der Waals surface area (Å²) in [7, 11) is 0. The van der Waals surface area contributed by atoms with Crippen molar-refractivity contribution in [1.29, 1.82) is 0 Å².